The van der Waals surface area contributed by atoms with E-state index in [0.717, 1.165) is 38.2 Å². The fourth-order valence-corrected chi connectivity index (χ4v) is 4.10. The zero-order valence-electron chi connectivity index (χ0n) is 13.3. The Labute approximate surface area is 136 Å². The maximum Gasteiger partial charge on any atom is 0.277 e. The van der Waals surface area contributed by atoms with Crippen LogP contribution in [0.4, 0.5) is 0 Å². The Morgan fingerprint density at radius 2 is 2.05 bits per heavy atom. The molecular weight excluding hydrogens is 298 g/mol. The molecule has 1 atom stereocenters. The highest BCUT2D eigenvalue weighted by Crippen LogP contribution is 2.33. The molecule has 22 heavy (non-hydrogen) atoms. The van der Waals surface area contributed by atoms with Crippen molar-refractivity contribution in [2.45, 2.75) is 63.0 Å². The highest BCUT2D eigenvalue weighted by Gasteiger charge is 2.23. The van der Waals surface area contributed by atoms with E-state index in [1.165, 1.54) is 37.4 Å². The molecule has 0 bridgehead atoms. The van der Waals surface area contributed by atoms with Crippen molar-refractivity contribution >= 4 is 17.7 Å². The minimum absolute atomic E-state index is 0.189. The van der Waals surface area contributed by atoms with Crippen LogP contribution >= 0.6 is 11.8 Å². The first-order valence-electron chi connectivity index (χ1n) is 8.46. The minimum Gasteiger partial charge on any atom is -0.416 e. The van der Waals surface area contributed by atoms with Crippen molar-refractivity contribution < 1.29 is 9.21 Å². The molecule has 1 aromatic rings. The van der Waals surface area contributed by atoms with Gasteiger partial charge in [0.1, 0.15) is 0 Å². The van der Waals surface area contributed by atoms with Gasteiger partial charge < -0.3 is 9.32 Å². The summed E-state index contributed by atoms with van der Waals surface area (Å²) >= 11 is 1.38. The van der Waals surface area contributed by atoms with Crippen molar-refractivity contribution in [3.05, 3.63) is 5.89 Å². The van der Waals surface area contributed by atoms with E-state index in [2.05, 4.69) is 17.1 Å². The molecule has 6 heteroatoms. The number of hydrogen-bond acceptors (Lipinski definition) is 5. The maximum absolute atomic E-state index is 12.2. The fraction of sp³-hybridized carbons (Fsp3) is 0.812. The van der Waals surface area contributed by atoms with Crippen LogP contribution in [0.25, 0.3) is 0 Å². The van der Waals surface area contributed by atoms with Gasteiger partial charge in [-0.1, -0.05) is 37.9 Å². The van der Waals surface area contributed by atoms with E-state index < -0.39 is 0 Å². The quantitative estimate of drug-likeness (QED) is 0.794. The zero-order valence-corrected chi connectivity index (χ0v) is 14.1. The average molecular weight is 323 g/mol. The Morgan fingerprint density at radius 1 is 1.23 bits per heavy atom. The van der Waals surface area contributed by atoms with Crippen molar-refractivity contribution in [1.29, 1.82) is 0 Å². The lowest BCUT2D eigenvalue weighted by atomic mass is 9.89. The number of hydrogen-bond donors (Lipinski definition) is 0. The second-order valence-corrected chi connectivity index (χ2v) is 7.54. The molecule has 0 N–H and O–H groups in total. The van der Waals surface area contributed by atoms with Gasteiger partial charge in [0.25, 0.3) is 5.22 Å². The van der Waals surface area contributed by atoms with E-state index in [4.69, 9.17) is 4.42 Å². The van der Waals surface area contributed by atoms with E-state index in [1.54, 1.807) is 0 Å². The summed E-state index contributed by atoms with van der Waals surface area (Å²) in [6.45, 7) is 3.98. The summed E-state index contributed by atoms with van der Waals surface area (Å²) in [7, 11) is 0. The smallest absolute Gasteiger partial charge is 0.277 e. The first-order valence-corrected chi connectivity index (χ1v) is 9.45. The van der Waals surface area contributed by atoms with Crippen molar-refractivity contribution in [2.75, 3.05) is 18.8 Å². The standard InChI is InChI=1S/C16H25N3O2S/c1-12-6-5-9-19(10-12)14(20)11-22-16-18-17-15(21-16)13-7-3-2-4-8-13/h12-13H,2-11H2,1H3. The second kappa shape index (κ2) is 7.49. The van der Waals surface area contributed by atoms with E-state index >= 15 is 0 Å². The van der Waals surface area contributed by atoms with E-state index in [1.807, 2.05) is 4.90 Å². The third kappa shape index (κ3) is 4.03. The van der Waals surface area contributed by atoms with Gasteiger partial charge in [0.05, 0.1) is 5.75 Å². The van der Waals surface area contributed by atoms with Gasteiger partial charge in [-0.25, -0.2) is 0 Å². The number of amides is 1. The molecule has 1 unspecified atom stereocenters. The molecule has 2 fully saturated rings. The molecule has 2 heterocycles. The lowest BCUT2D eigenvalue weighted by Crippen LogP contribution is -2.40. The molecular formula is C16H25N3O2S. The highest BCUT2D eigenvalue weighted by atomic mass is 32.2. The number of carbonyl (C=O) groups is 1. The maximum atomic E-state index is 12.2. The van der Waals surface area contributed by atoms with Gasteiger partial charge in [0.15, 0.2) is 0 Å². The minimum atomic E-state index is 0.189. The third-order valence-corrected chi connectivity index (χ3v) is 5.51. The summed E-state index contributed by atoms with van der Waals surface area (Å²) < 4.78 is 5.75. The van der Waals surface area contributed by atoms with Crippen LogP contribution in [0.1, 0.15) is 63.7 Å². The predicted molar refractivity (Wildman–Crippen MR) is 85.8 cm³/mol. The SMILES string of the molecule is CC1CCCN(C(=O)CSc2nnc(C3CCCCC3)o2)C1. The molecule has 0 spiro atoms. The number of aromatic nitrogens is 2. The van der Waals surface area contributed by atoms with Crippen LogP contribution in [0, 0.1) is 5.92 Å². The van der Waals surface area contributed by atoms with Gasteiger partial charge in [0.2, 0.25) is 11.8 Å². The molecule has 1 aromatic heterocycles. The Morgan fingerprint density at radius 3 is 2.82 bits per heavy atom. The second-order valence-electron chi connectivity index (χ2n) is 6.62. The number of nitrogens with zero attached hydrogens (tertiary/aromatic N) is 3. The normalized spacial score (nSPS) is 23.7. The van der Waals surface area contributed by atoms with Crippen LogP contribution in [0.2, 0.25) is 0 Å². The lowest BCUT2D eigenvalue weighted by Gasteiger charge is -2.30. The number of thioether (sulfide) groups is 1. The van der Waals surface area contributed by atoms with Gasteiger partial charge in [-0.2, -0.15) is 0 Å². The van der Waals surface area contributed by atoms with Gasteiger partial charge in [-0.05, 0) is 31.6 Å². The van der Waals surface area contributed by atoms with E-state index in [-0.39, 0.29) is 5.91 Å². The van der Waals surface area contributed by atoms with E-state index in [9.17, 15) is 4.79 Å². The first-order chi connectivity index (χ1) is 10.7. The van der Waals surface area contributed by atoms with Crippen LogP contribution in [0.3, 0.4) is 0 Å². The molecule has 2 aliphatic rings. The van der Waals surface area contributed by atoms with Crippen LogP contribution in [-0.4, -0.2) is 39.8 Å². The summed E-state index contributed by atoms with van der Waals surface area (Å²) in [6.07, 6.45) is 8.46. The van der Waals surface area contributed by atoms with Crippen molar-refractivity contribution in [3.63, 3.8) is 0 Å². The number of likely N-dealkylation sites (tertiary alicyclic amines) is 1. The van der Waals surface area contributed by atoms with Gasteiger partial charge in [0, 0.05) is 19.0 Å². The van der Waals surface area contributed by atoms with Crippen molar-refractivity contribution in [1.82, 2.24) is 15.1 Å². The zero-order chi connectivity index (χ0) is 15.4. The monoisotopic (exact) mass is 323 g/mol. The Balaban J connectivity index is 1.49. The van der Waals surface area contributed by atoms with Crippen molar-refractivity contribution in [2.24, 2.45) is 5.92 Å². The third-order valence-electron chi connectivity index (χ3n) is 4.71. The molecule has 1 aliphatic carbocycles. The predicted octanol–water partition coefficient (Wildman–Crippen LogP) is 3.47. The summed E-state index contributed by atoms with van der Waals surface area (Å²) in [6, 6.07) is 0. The van der Waals surface area contributed by atoms with E-state index in [0.29, 0.717) is 22.8 Å². The molecule has 1 saturated heterocycles. The van der Waals surface area contributed by atoms with Gasteiger partial charge in [-0.3, -0.25) is 4.79 Å². The molecule has 3 rings (SSSR count). The number of piperidine rings is 1. The van der Waals surface area contributed by atoms with Gasteiger partial charge >= 0.3 is 0 Å². The fourth-order valence-electron chi connectivity index (χ4n) is 3.42. The summed E-state index contributed by atoms with van der Waals surface area (Å²) in [4.78, 5) is 14.2. The molecule has 5 nitrogen and oxygen atoms in total. The Hall–Kier alpha value is -1.04. The highest BCUT2D eigenvalue weighted by molar-refractivity contribution is 7.99. The Bertz CT molecular complexity index is 499. The van der Waals surface area contributed by atoms with Crippen LogP contribution < -0.4 is 0 Å². The molecule has 0 radical (unpaired) electrons. The molecule has 0 aromatic carbocycles. The lowest BCUT2D eigenvalue weighted by molar-refractivity contribution is -0.130. The first kappa shape index (κ1) is 15.8. The number of rotatable bonds is 4. The average Bonchev–Trinajstić information content (AvgIpc) is 3.02. The van der Waals surface area contributed by atoms with Crippen LogP contribution in [0.5, 0.6) is 0 Å². The van der Waals surface area contributed by atoms with Crippen LogP contribution in [-0.2, 0) is 4.79 Å². The molecule has 122 valence electrons. The molecule has 1 aliphatic heterocycles. The summed E-state index contributed by atoms with van der Waals surface area (Å²) in [5, 5.41) is 8.82. The number of carbonyl (C=O) groups excluding carboxylic acids is 1. The molecule has 1 saturated carbocycles. The summed E-state index contributed by atoms with van der Waals surface area (Å²) in [5.41, 5.74) is 0. The summed E-state index contributed by atoms with van der Waals surface area (Å²) in [5.74, 6) is 2.40. The van der Waals surface area contributed by atoms with Crippen molar-refractivity contribution in [3.8, 4) is 0 Å². The largest absolute Gasteiger partial charge is 0.416 e. The van der Waals surface area contributed by atoms with Gasteiger partial charge in [-0.15, -0.1) is 10.2 Å². The van der Waals surface area contributed by atoms with Crippen LogP contribution in [0.15, 0.2) is 9.64 Å². The topological polar surface area (TPSA) is 59.2 Å². The molecule has 1 amide bonds. The Kier molecular flexibility index (Phi) is 5.39.